The first-order valence-electron chi connectivity index (χ1n) is 11.3. The number of ether oxygens (including phenoxy) is 1. The number of nitrogens with one attached hydrogen (secondary N) is 1. The highest BCUT2D eigenvalue weighted by molar-refractivity contribution is 5.96. The number of carbonyl (C=O) groups is 3. The van der Waals surface area contributed by atoms with E-state index in [1.165, 1.54) is 4.90 Å². The molecule has 0 atom stereocenters. The molecule has 0 bridgehead atoms. The van der Waals surface area contributed by atoms with E-state index in [1.807, 2.05) is 68.7 Å². The highest BCUT2D eigenvalue weighted by Gasteiger charge is 2.22. The van der Waals surface area contributed by atoms with Gasteiger partial charge in [0.25, 0.3) is 5.91 Å². The maximum Gasteiger partial charge on any atom is 0.340 e. The van der Waals surface area contributed by atoms with Gasteiger partial charge >= 0.3 is 5.97 Å². The zero-order valence-corrected chi connectivity index (χ0v) is 20.1. The zero-order valence-electron chi connectivity index (χ0n) is 20.1. The molecule has 34 heavy (non-hydrogen) atoms. The van der Waals surface area contributed by atoms with Gasteiger partial charge in [0.1, 0.15) is 5.76 Å². The average molecular weight is 466 g/mol. The summed E-state index contributed by atoms with van der Waals surface area (Å²) in [7, 11) is 0. The van der Waals surface area contributed by atoms with Crippen LogP contribution in [-0.4, -0.2) is 46.9 Å². The Morgan fingerprint density at radius 3 is 2.53 bits per heavy atom. The van der Waals surface area contributed by atoms with E-state index >= 15 is 0 Å². The van der Waals surface area contributed by atoms with Crippen molar-refractivity contribution in [2.24, 2.45) is 0 Å². The van der Waals surface area contributed by atoms with Crippen molar-refractivity contribution in [1.82, 2.24) is 9.47 Å². The van der Waals surface area contributed by atoms with E-state index in [2.05, 4.69) is 5.32 Å². The molecule has 3 rings (SSSR count). The molecule has 3 aromatic rings. The highest BCUT2D eigenvalue weighted by Crippen LogP contribution is 2.18. The lowest BCUT2D eigenvalue weighted by molar-refractivity contribution is -0.137. The van der Waals surface area contributed by atoms with Gasteiger partial charge in [-0.3, -0.25) is 9.59 Å². The Morgan fingerprint density at radius 1 is 1.09 bits per heavy atom. The second-order valence-electron chi connectivity index (χ2n) is 8.20. The summed E-state index contributed by atoms with van der Waals surface area (Å²) in [6.45, 7) is 7.87. The minimum atomic E-state index is -0.576. The van der Waals surface area contributed by atoms with Crippen LogP contribution in [0.15, 0.2) is 53.1 Å². The van der Waals surface area contributed by atoms with Crippen molar-refractivity contribution >= 4 is 23.5 Å². The molecule has 8 heteroatoms. The van der Waals surface area contributed by atoms with Crippen LogP contribution < -0.4 is 5.32 Å². The lowest BCUT2D eigenvalue weighted by Crippen LogP contribution is -2.40. The third-order valence-corrected chi connectivity index (χ3v) is 5.61. The standard InChI is InChI=1S/C26H31N3O5/c1-5-12-28(16-24(30)27-23-11-7-6-9-18(23)2)25(31)17-34-26(32)22-14-19(3)29(20(22)4)15-21-10-8-13-33-21/h6-11,13-14H,5,12,15-17H2,1-4H3,(H,27,30). The average Bonchev–Trinajstić information content (AvgIpc) is 3.42. The number of esters is 1. The fourth-order valence-corrected chi connectivity index (χ4v) is 3.74. The fraction of sp³-hybridized carbons (Fsp3) is 0.346. The van der Waals surface area contributed by atoms with E-state index in [0.29, 0.717) is 30.8 Å². The topological polar surface area (TPSA) is 93.8 Å². The number of aryl methyl sites for hydroxylation is 2. The summed E-state index contributed by atoms with van der Waals surface area (Å²) in [6, 6.07) is 12.9. The number of carbonyl (C=O) groups excluding carboxylic acids is 3. The van der Waals surface area contributed by atoms with E-state index in [1.54, 1.807) is 12.3 Å². The molecule has 0 aliphatic carbocycles. The molecule has 1 aromatic carbocycles. The van der Waals surface area contributed by atoms with Gasteiger partial charge in [0.2, 0.25) is 5.91 Å². The summed E-state index contributed by atoms with van der Waals surface area (Å²) in [6.07, 6.45) is 2.28. The van der Waals surface area contributed by atoms with E-state index < -0.39 is 18.5 Å². The van der Waals surface area contributed by atoms with Crippen LogP contribution in [0.2, 0.25) is 0 Å². The molecular weight excluding hydrogens is 434 g/mol. The summed E-state index contributed by atoms with van der Waals surface area (Å²) in [4.78, 5) is 39.4. The molecule has 0 fully saturated rings. The van der Waals surface area contributed by atoms with Crippen LogP contribution in [0.5, 0.6) is 0 Å². The Balaban J connectivity index is 1.59. The second kappa shape index (κ2) is 11.4. The second-order valence-corrected chi connectivity index (χ2v) is 8.20. The van der Waals surface area contributed by atoms with Crippen LogP contribution in [0.4, 0.5) is 5.69 Å². The van der Waals surface area contributed by atoms with Gasteiger partial charge in [0.05, 0.1) is 24.9 Å². The molecule has 2 aromatic heterocycles. The van der Waals surface area contributed by atoms with Gasteiger partial charge in [-0.25, -0.2) is 4.79 Å². The molecule has 180 valence electrons. The molecule has 2 amide bonds. The molecule has 1 N–H and O–H groups in total. The number of rotatable bonds is 10. The van der Waals surface area contributed by atoms with Gasteiger partial charge in [0.15, 0.2) is 6.61 Å². The SMILES string of the molecule is CCCN(CC(=O)Nc1ccccc1C)C(=O)COC(=O)c1cc(C)n(Cc2ccco2)c1C. The van der Waals surface area contributed by atoms with Crippen molar-refractivity contribution in [3.63, 3.8) is 0 Å². The molecule has 8 nitrogen and oxygen atoms in total. The number of benzene rings is 1. The maximum atomic E-state index is 12.7. The van der Waals surface area contributed by atoms with Gasteiger partial charge in [-0.1, -0.05) is 25.1 Å². The third kappa shape index (κ3) is 6.15. The van der Waals surface area contributed by atoms with E-state index in [4.69, 9.17) is 9.15 Å². The normalized spacial score (nSPS) is 10.7. The van der Waals surface area contributed by atoms with Crippen molar-refractivity contribution in [3.05, 3.63) is 77.0 Å². The Bertz CT molecular complexity index is 1150. The number of nitrogens with zero attached hydrogens (tertiary/aromatic N) is 2. The number of aromatic nitrogens is 1. The fourth-order valence-electron chi connectivity index (χ4n) is 3.74. The number of anilines is 1. The minimum absolute atomic E-state index is 0.115. The maximum absolute atomic E-state index is 12.7. The highest BCUT2D eigenvalue weighted by atomic mass is 16.5. The van der Waals surface area contributed by atoms with Crippen LogP contribution >= 0.6 is 0 Å². The molecule has 0 saturated carbocycles. The summed E-state index contributed by atoms with van der Waals surface area (Å²) in [5.41, 5.74) is 3.65. The van der Waals surface area contributed by atoms with Crippen molar-refractivity contribution in [2.45, 2.75) is 40.7 Å². The van der Waals surface area contributed by atoms with E-state index in [-0.39, 0.29) is 12.5 Å². The number of amides is 2. The van der Waals surface area contributed by atoms with Crippen molar-refractivity contribution < 1.29 is 23.5 Å². The van der Waals surface area contributed by atoms with Crippen molar-refractivity contribution in [2.75, 3.05) is 25.0 Å². The minimum Gasteiger partial charge on any atom is -0.467 e. The Labute approximate surface area is 199 Å². The largest absolute Gasteiger partial charge is 0.467 e. The number of hydrogen-bond donors (Lipinski definition) is 1. The Morgan fingerprint density at radius 2 is 1.85 bits per heavy atom. The molecule has 0 saturated heterocycles. The first-order valence-corrected chi connectivity index (χ1v) is 11.3. The molecule has 0 aliphatic rings. The van der Waals surface area contributed by atoms with Gasteiger partial charge in [-0.05, 0) is 57.0 Å². The van der Waals surface area contributed by atoms with Crippen LogP contribution in [0.3, 0.4) is 0 Å². The molecule has 0 unspecified atom stereocenters. The summed E-state index contributed by atoms with van der Waals surface area (Å²) in [5, 5.41) is 2.83. The van der Waals surface area contributed by atoms with Gasteiger partial charge in [-0.2, -0.15) is 0 Å². The molecular formula is C26H31N3O5. The molecule has 2 heterocycles. The predicted molar refractivity (Wildman–Crippen MR) is 129 cm³/mol. The predicted octanol–water partition coefficient (Wildman–Crippen LogP) is 4.09. The van der Waals surface area contributed by atoms with Crippen LogP contribution in [-0.2, 0) is 20.9 Å². The smallest absolute Gasteiger partial charge is 0.340 e. The molecule has 0 spiro atoms. The Kier molecular flexibility index (Phi) is 8.29. The van der Waals surface area contributed by atoms with Crippen molar-refractivity contribution in [1.29, 1.82) is 0 Å². The third-order valence-electron chi connectivity index (χ3n) is 5.61. The lowest BCUT2D eigenvalue weighted by atomic mass is 10.2. The Hall–Kier alpha value is -3.81. The summed E-state index contributed by atoms with van der Waals surface area (Å²) >= 11 is 0. The zero-order chi connectivity index (χ0) is 24.7. The van der Waals surface area contributed by atoms with Gasteiger partial charge < -0.3 is 23.9 Å². The van der Waals surface area contributed by atoms with Crippen molar-refractivity contribution in [3.8, 4) is 0 Å². The first-order chi connectivity index (χ1) is 16.3. The van der Waals surface area contributed by atoms with Crippen LogP contribution in [0.1, 0.15) is 46.4 Å². The molecule has 0 radical (unpaired) electrons. The van der Waals surface area contributed by atoms with E-state index in [9.17, 15) is 14.4 Å². The van der Waals surface area contributed by atoms with Gasteiger partial charge in [-0.15, -0.1) is 0 Å². The monoisotopic (exact) mass is 465 g/mol. The summed E-state index contributed by atoms with van der Waals surface area (Å²) < 4.78 is 12.7. The van der Waals surface area contributed by atoms with Gasteiger partial charge in [0, 0.05) is 23.6 Å². The number of furan rings is 1. The first kappa shape index (κ1) is 24.8. The quantitative estimate of drug-likeness (QED) is 0.455. The van der Waals surface area contributed by atoms with Crippen LogP contribution in [0.25, 0.3) is 0 Å². The lowest BCUT2D eigenvalue weighted by Gasteiger charge is -2.21. The van der Waals surface area contributed by atoms with E-state index in [0.717, 1.165) is 22.7 Å². The van der Waals surface area contributed by atoms with Crippen LogP contribution in [0, 0.1) is 20.8 Å². The number of para-hydroxylation sites is 1. The summed E-state index contributed by atoms with van der Waals surface area (Å²) in [5.74, 6) is -0.521. The number of hydrogen-bond acceptors (Lipinski definition) is 5. The molecule has 0 aliphatic heterocycles.